The Balaban J connectivity index is 3.18. The number of likely N-dealkylation sites (N-methyl/N-ethyl adjacent to an activating group) is 1. The molecule has 0 atom stereocenters. The van der Waals surface area contributed by atoms with Crippen molar-refractivity contribution in [2.75, 3.05) is 14.1 Å². The van der Waals surface area contributed by atoms with Crippen LogP contribution in [0.2, 0.25) is 0 Å². The van der Waals surface area contributed by atoms with Crippen LogP contribution in [0.25, 0.3) is 5.57 Å². The second kappa shape index (κ2) is 4.78. The molecular weight excluding hydrogens is 186 g/mol. The van der Waals surface area contributed by atoms with Crippen LogP contribution >= 0.6 is 0 Å². The Morgan fingerprint density at radius 1 is 1.07 bits per heavy atom. The van der Waals surface area contributed by atoms with Gasteiger partial charge < -0.3 is 4.90 Å². The quantitative estimate of drug-likeness (QED) is 0.676. The summed E-state index contributed by atoms with van der Waals surface area (Å²) < 4.78 is 0. The highest BCUT2D eigenvalue weighted by Crippen LogP contribution is 2.19. The van der Waals surface area contributed by atoms with Crippen molar-refractivity contribution in [2.24, 2.45) is 0 Å². The summed E-state index contributed by atoms with van der Waals surface area (Å²) >= 11 is 0. The predicted molar refractivity (Wildman–Crippen MR) is 63.4 cm³/mol. The Morgan fingerprint density at radius 2 is 1.60 bits per heavy atom. The van der Waals surface area contributed by atoms with Gasteiger partial charge in [0.2, 0.25) is 0 Å². The summed E-state index contributed by atoms with van der Waals surface area (Å²) in [6.07, 6.45) is 0. The van der Waals surface area contributed by atoms with Gasteiger partial charge in [-0.2, -0.15) is 0 Å². The van der Waals surface area contributed by atoms with Crippen molar-refractivity contribution >= 4 is 11.5 Å². The molecule has 0 saturated carbocycles. The van der Waals surface area contributed by atoms with Gasteiger partial charge in [0.05, 0.1) is 0 Å². The van der Waals surface area contributed by atoms with Crippen molar-refractivity contribution in [1.29, 1.82) is 0 Å². The second-order valence-corrected chi connectivity index (χ2v) is 3.94. The third-order valence-electron chi connectivity index (χ3n) is 2.18. The average molecular weight is 203 g/mol. The third kappa shape index (κ3) is 2.69. The molecule has 0 aromatic heterocycles. The van der Waals surface area contributed by atoms with Gasteiger partial charge in [0, 0.05) is 19.7 Å². The van der Waals surface area contributed by atoms with E-state index in [-0.39, 0.29) is 5.91 Å². The number of hydrogen-bond acceptors (Lipinski definition) is 1. The largest absolute Gasteiger partial charge is 0.345 e. The highest BCUT2D eigenvalue weighted by atomic mass is 16.2. The molecule has 0 spiro atoms. The van der Waals surface area contributed by atoms with Gasteiger partial charge in [-0.1, -0.05) is 35.9 Å². The van der Waals surface area contributed by atoms with Gasteiger partial charge in [-0.3, -0.25) is 4.79 Å². The molecule has 0 radical (unpaired) electrons. The van der Waals surface area contributed by atoms with E-state index >= 15 is 0 Å². The molecule has 0 unspecified atom stereocenters. The first-order chi connectivity index (χ1) is 7.04. The molecule has 1 rings (SSSR count). The first kappa shape index (κ1) is 11.5. The van der Waals surface area contributed by atoms with E-state index in [1.807, 2.05) is 44.2 Å². The standard InChI is InChI=1S/C13H17NO/c1-10(2)12(13(15)14(3)4)11-8-6-5-7-9-11/h5-9H,1-4H3. The van der Waals surface area contributed by atoms with Crippen LogP contribution in [0.5, 0.6) is 0 Å². The molecule has 0 fully saturated rings. The van der Waals surface area contributed by atoms with Crippen LogP contribution in [-0.2, 0) is 4.79 Å². The van der Waals surface area contributed by atoms with Gasteiger partial charge in [0.1, 0.15) is 0 Å². The maximum Gasteiger partial charge on any atom is 0.253 e. The molecule has 0 aliphatic carbocycles. The minimum Gasteiger partial charge on any atom is -0.345 e. The normalized spacial score (nSPS) is 9.60. The minimum absolute atomic E-state index is 0.0567. The van der Waals surface area contributed by atoms with Gasteiger partial charge in [-0.05, 0) is 19.4 Å². The zero-order valence-corrected chi connectivity index (χ0v) is 9.74. The van der Waals surface area contributed by atoms with Gasteiger partial charge in [-0.25, -0.2) is 0 Å². The van der Waals surface area contributed by atoms with E-state index in [9.17, 15) is 4.79 Å². The fraction of sp³-hybridized carbons (Fsp3) is 0.308. The molecule has 0 heterocycles. The van der Waals surface area contributed by atoms with Crippen molar-refractivity contribution < 1.29 is 4.79 Å². The van der Waals surface area contributed by atoms with E-state index in [2.05, 4.69) is 0 Å². The number of hydrogen-bond donors (Lipinski definition) is 0. The molecule has 2 nitrogen and oxygen atoms in total. The minimum atomic E-state index is 0.0567. The molecule has 1 amide bonds. The lowest BCUT2D eigenvalue weighted by Crippen LogP contribution is -2.23. The maximum atomic E-state index is 12.0. The maximum absolute atomic E-state index is 12.0. The molecule has 80 valence electrons. The Labute approximate surface area is 91.2 Å². The summed E-state index contributed by atoms with van der Waals surface area (Å²) in [5.41, 5.74) is 2.82. The number of rotatable bonds is 2. The van der Waals surface area contributed by atoms with E-state index in [0.29, 0.717) is 0 Å². The summed E-state index contributed by atoms with van der Waals surface area (Å²) in [6, 6.07) is 9.77. The van der Waals surface area contributed by atoms with Crippen LogP contribution in [0, 0.1) is 0 Å². The Morgan fingerprint density at radius 3 is 2.00 bits per heavy atom. The van der Waals surface area contributed by atoms with Crippen molar-refractivity contribution in [2.45, 2.75) is 13.8 Å². The van der Waals surface area contributed by atoms with Crippen LogP contribution in [0.4, 0.5) is 0 Å². The van der Waals surface area contributed by atoms with Crippen LogP contribution in [-0.4, -0.2) is 24.9 Å². The smallest absolute Gasteiger partial charge is 0.253 e. The molecule has 0 bridgehead atoms. The average Bonchev–Trinajstić information content (AvgIpc) is 2.18. The third-order valence-corrected chi connectivity index (χ3v) is 2.18. The molecule has 15 heavy (non-hydrogen) atoms. The van der Waals surface area contributed by atoms with Gasteiger partial charge >= 0.3 is 0 Å². The topological polar surface area (TPSA) is 20.3 Å². The first-order valence-corrected chi connectivity index (χ1v) is 4.98. The molecule has 0 N–H and O–H groups in total. The number of allylic oxidation sites excluding steroid dienone is 1. The number of amides is 1. The Kier molecular flexibility index (Phi) is 3.67. The van der Waals surface area contributed by atoms with E-state index in [0.717, 1.165) is 16.7 Å². The highest BCUT2D eigenvalue weighted by molar-refractivity contribution is 6.20. The van der Waals surface area contributed by atoms with E-state index < -0.39 is 0 Å². The lowest BCUT2D eigenvalue weighted by Gasteiger charge is -2.15. The molecule has 0 saturated heterocycles. The van der Waals surface area contributed by atoms with Crippen LogP contribution in [0.1, 0.15) is 19.4 Å². The van der Waals surface area contributed by atoms with Crippen molar-refractivity contribution in [3.8, 4) is 0 Å². The van der Waals surface area contributed by atoms with Crippen molar-refractivity contribution in [3.63, 3.8) is 0 Å². The summed E-state index contributed by atoms with van der Waals surface area (Å²) in [4.78, 5) is 13.6. The molecule has 0 aliphatic rings. The first-order valence-electron chi connectivity index (χ1n) is 4.98. The van der Waals surface area contributed by atoms with E-state index in [4.69, 9.17) is 0 Å². The molecule has 1 aromatic rings. The number of benzene rings is 1. The van der Waals surface area contributed by atoms with Crippen LogP contribution < -0.4 is 0 Å². The van der Waals surface area contributed by atoms with Gasteiger partial charge in [0.15, 0.2) is 0 Å². The Hall–Kier alpha value is -1.57. The van der Waals surface area contributed by atoms with Crippen molar-refractivity contribution in [3.05, 3.63) is 41.5 Å². The number of carbonyl (C=O) groups is 1. The van der Waals surface area contributed by atoms with E-state index in [1.54, 1.807) is 19.0 Å². The van der Waals surface area contributed by atoms with Gasteiger partial charge in [0.25, 0.3) is 5.91 Å². The lowest BCUT2D eigenvalue weighted by atomic mass is 10.0. The molecular formula is C13H17NO. The fourth-order valence-corrected chi connectivity index (χ4v) is 1.45. The van der Waals surface area contributed by atoms with Crippen LogP contribution in [0.15, 0.2) is 35.9 Å². The SMILES string of the molecule is CC(C)=C(C(=O)N(C)C)c1ccccc1. The second-order valence-electron chi connectivity index (χ2n) is 3.94. The summed E-state index contributed by atoms with van der Waals surface area (Å²) in [6.45, 7) is 3.92. The zero-order chi connectivity index (χ0) is 11.4. The zero-order valence-electron chi connectivity index (χ0n) is 9.74. The summed E-state index contributed by atoms with van der Waals surface area (Å²) in [7, 11) is 3.54. The van der Waals surface area contributed by atoms with Crippen LogP contribution in [0.3, 0.4) is 0 Å². The Bertz CT molecular complexity index is 373. The monoisotopic (exact) mass is 203 g/mol. The molecule has 1 aromatic carbocycles. The fourth-order valence-electron chi connectivity index (χ4n) is 1.45. The summed E-state index contributed by atoms with van der Waals surface area (Å²) in [5.74, 6) is 0.0567. The number of nitrogens with zero attached hydrogens (tertiary/aromatic N) is 1. The lowest BCUT2D eigenvalue weighted by molar-refractivity contribution is -0.122. The van der Waals surface area contributed by atoms with Gasteiger partial charge in [-0.15, -0.1) is 0 Å². The number of carbonyl (C=O) groups excluding carboxylic acids is 1. The molecule has 2 heteroatoms. The summed E-state index contributed by atoms with van der Waals surface area (Å²) in [5, 5.41) is 0. The van der Waals surface area contributed by atoms with Crippen molar-refractivity contribution in [1.82, 2.24) is 4.90 Å². The highest BCUT2D eigenvalue weighted by Gasteiger charge is 2.14. The predicted octanol–water partition coefficient (Wildman–Crippen LogP) is 2.57. The van der Waals surface area contributed by atoms with E-state index in [1.165, 1.54) is 0 Å². The molecule has 0 aliphatic heterocycles.